The van der Waals surface area contributed by atoms with Gasteiger partial charge in [-0.2, -0.15) is 0 Å². The van der Waals surface area contributed by atoms with E-state index in [2.05, 4.69) is 4.98 Å². The number of Topliss-reactive ketones (excluding diaryl/α,β-unsaturated/α-hetero) is 1. The summed E-state index contributed by atoms with van der Waals surface area (Å²) in [5.41, 5.74) is 1.53. The smallest absolute Gasteiger partial charge is 0.191 e. The summed E-state index contributed by atoms with van der Waals surface area (Å²) < 4.78 is 5.57. The molecule has 104 valence electrons. The molecule has 2 rings (SSSR count). The first kappa shape index (κ1) is 14.7. The molecule has 1 heterocycles. The van der Waals surface area contributed by atoms with Crippen LogP contribution in [0.3, 0.4) is 0 Å². The largest absolute Gasteiger partial charge is 0.370 e. The van der Waals surface area contributed by atoms with Crippen LogP contribution < -0.4 is 0 Å². The van der Waals surface area contributed by atoms with Crippen molar-refractivity contribution < 1.29 is 9.53 Å². The van der Waals surface area contributed by atoms with Crippen LogP contribution in [0, 0.1) is 0 Å². The number of ether oxygens (including phenoxy) is 1. The number of ketones is 1. The number of pyridine rings is 1. The molecule has 1 unspecified atom stereocenters. The summed E-state index contributed by atoms with van der Waals surface area (Å²) in [5.74, 6) is -0.0616. The van der Waals surface area contributed by atoms with E-state index < -0.39 is 6.10 Å². The maximum Gasteiger partial charge on any atom is 0.191 e. The molecule has 0 saturated carbocycles. The van der Waals surface area contributed by atoms with Crippen molar-refractivity contribution in [1.82, 2.24) is 4.98 Å². The molecule has 2 aromatic rings. The Morgan fingerprint density at radius 1 is 1.30 bits per heavy atom. The molecule has 0 radical (unpaired) electrons. The van der Waals surface area contributed by atoms with Gasteiger partial charge in [0.05, 0.1) is 6.61 Å². The van der Waals surface area contributed by atoms with Crippen LogP contribution in [0.15, 0.2) is 48.7 Å². The van der Waals surface area contributed by atoms with Crippen LogP contribution in [0.5, 0.6) is 0 Å². The quantitative estimate of drug-likeness (QED) is 0.763. The number of nitrogens with zero attached hydrogens (tertiary/aromatic N) is 1. The number of carbonyl (C=O) groups is 1. The number of benzene rings is 1. The fourth-order valence-electron chi connectivity index (χ4n) is 1.84. The molecule has 3 nitrogen and oxygen atoms in total. The zero-order valence-electron chi connectivity index (χ0n) is 11.3. The molecule has 0 spiro atoms. The van der Waals surface area contributed by atoms with Gasteiger partial charge in [0.25, 0.3) is 0 Å². The van der Waals surface area contributed by atoms with Crippen molar-refractivity contribution in [3.63, 3.8) is 0 Å². The molecular weight excluding hydrogens is 274 g/mol. The van der Waals surface area contributed by atoms with Gasteiger partial charge in [0.2, 0.25) is 0 Å². The molecule has 0 fully saturated rings. The number of halogens is 1. The van der Waals surface area contributed by atoms with Gasteiger partial charge in [-0.05, 0) is 31.2 Å². The highest BCUT2D eigenvalue weighted by Crippen LogP contribution is 2.13. The van der Waals surface area contributed by atoms with E-state index in [-0.39, 0.29) is 5.78 Å². The lowest BCUT2D eigenvalue weighted by molar-refractivity contribution is 0.0485. The summed E-state index contributed by atoms with van der Waals surface area (Å²) >= 11 is 5.88. The van der Waals surface area contributed by atoms with E-state index in [1.165, 1.54) is 0 Å². The predicted molar refractivity (Wildman–Crippen MR) is 79.1 cm³/mol. The SMILES string of the molecule is CC(OCCc1ccccn1)C(=O)c1cccc(Cl)c1. The Balaban J connectivity index is 1.85. The minimum Gasteiger partial charge on any atom is -0.370 e. The summed E-state index contributed by atoms with van der Waals surface area (Å²) in [4.78, 5) is 16.3. The van der Waals surface area contributed by atoms with Crippen LogP contribution in [0.25, 0.3) is 0 Å². The first-order valence-corrected chi connectivity index (χ1v) is 6.86. The average Bonchev–Trinajstić information content (AvgIpc) is 2.47. The molecule has 0 saturated heterocycles. The minimum atomic E-state index is -0.489. The third-order valence-corrected chi connectivity index (χ3v) is 3.17. The summed E-state index contributed by atoms with van der Waals surface area (Å²) in [6, 6.07) is 12.6. The predicted octanol–water partition coefficient (Wildman–Crippen LogP) is 3.57. The number of hydrogen-bond donors (Lipinski definition) is 0. The van der Waals surface area contributed by atoms with E-state index in [1.54, 1.807) is 37.4 Å². The molecule has 20 heavy (non-hydrogen) atoms. The number of carbonyl (C=O) groups excluding carboxylic acids is 1. The van der Waals surface area contributed by atoms with E-state index in [0.717, 1.165) is 5.69 Å². The van der Waals surface area contributed by atoms with Crippen molar-refractivity contribution in [3.8, 4) is 0 Å². The zero-order valence-corrected chi connectivity index (χ0v) is 12.0. The van der Waals surface area contributed by atoms with Crippen LogP contribution in [0.4, 0.5) is 0 Å². The highest BCUT2D eigenvalue weighted by molar-refractivity contribution is 6.31. The van der Waals surface area contributed by atoms with Gasteiger partial charge in [0.1, 0.15) is 6.10 Å². The van der Waals surface area contributed by atoms with E-state index in [1.807, 2.05) is 18.2 Å². The highest BCUT2D eigenvalue weighted by atomic mass is 35.5. The Hall–Kier alpha value is -1.71. The molecule has 0 amide bonds. The number of aromatic nitrogens is 1. The molecule has 0 N–H and O–H groups in total. The van der Waals surface area contributed by atoms with E-state index >= 15 is 0 Å². The standard InChI is InChI=1S/C16H16ClNO2/c1-12(16(19)13-5-4-6-14(17)11-13)20-10-8-15-7-2-3-9-18-15/h2-7,9,11-12H,8,10H2,1H3. The lowest BCUT2D eigenvalue weighted by Gasteiger charge is -2.12. The first-order chi connectivity index (χ1) is 9.66. The van der Waals surface area contributed by atoms with Crippen molar-refractivity contribution >= 4 is 17.4 Å². The number of hydrogen-bond acceptors (Lipinski definition) is 3. The maximum atomic E-state index is 12.1. The van der Waals surface area contributed by atoms with Crippen molar-refractivity contribution in [3.05, 3.63) is 64.9 Å². The van der Waals surface area contributed by atoms with Gasteiger partial charge in [-0.3, -0.25) is 9.78 Å². The van der Waals surface area contributed by atoms with Crippen molar-refractivity contribution in [2.75, 3.05) is 6.61 Å². The fraction of sp³-hybridized carbons (Fsp3) is 0.250. The number of rotatable bonds is 6. The van der Waals surface area contributed by atoms with Crippen molar-refractivity contribution in [2.45, 2.75) is 19.4 Å². The molecule has 0 aliphatic heterocycles. The third kappa shape index (κ3) is 4.15. The summed E-state index contributed by atoms with van der Waals surface area (Å²) in [5, 5.41) is 0.552. The zero-order chi connectivity index (χ0) is 14.4. The van der Waals surface area contributed by atoms with E-state index in [9.17, 15) is 4.79 Å². The van der Waals surface area contributed by atoms with Gasteiger partial charge in [0.15, 0.2) is 5.78 Å². The molecular formula is C16H16ClNO2. The summed E-state index contributed by atoms with van der Waals surface area (Å²) in [7, 11) is 0. The molecule has 4 heteroatoms. The Morgan fingerprint density at radius 2 is 2.15 bits per heavy atom. The van der Waals surface area contributed by atoms with Gasteiger partial charge >= 0.3 is 0 Å². The van der Waals surface area contributed by atoms with Gasteiger partial charge in [0, 0.05) is 28.9 Å². The second-order valence-electron chi connectivity index (χ2n) is 4.46. The van der Waals surface area contributed by atoms with E-state index in [0.29, 0.717) is 23.6 Å². The van der Waals surface area contributed by atoms with Gasteiger partial charge in [-0.15, -0.1) is 0 Å². The van der Waals surface area contributed by atoms with Crippen LogP contribution in [-0.2, 0) is 11.2 Å². The lowest BCUT2D eigenvalue weighted by atomic mass is 10.1. The van der Waals surface area contributed by atoms with Crippen molar-refractivity contribution in [1.29, 1.82) is 0 Å². The van der Waals surface area contributed by atoms with Crippen LogP contribution in [0.2, 0.25) is 5.02 Å². The van der Waals surface area contributed by atoms with Gasteiger partial charge in [-0.1, -0.05) is 29.8 Å². The topological polar surface area (TPSA) is 39.2 Å². The molecule has 0 bridgehead atoms. The van der Waals surface area contributed by atoms with Crippen LogP contribution in [0.1, 0.15) is 23.0 Å². The Labute approximate surface area is 123 Å². The first-order valence-electron chi connectivity index (χ1n) is 6.48. The second-order valence-corrected chi connectivity index (χ2v) is 4.90. The van der Waals surface area contributed by atoms with Crippen LogP contribution >= 0.6 is 11.6 Å². The van der Waals surface area contributed by atoms with Gasteiger partial charge in [-0.25, -0.2) is 0 Å². The molecule has 0 aliphatic rings. The normalized spacial score (nSPS) is 12.1. The van der Waals surface area contributed by atoms with Crippen LogP contribution in [-0.4, -0.2) is 23.5 Å². The van der Waals surface area contributed by atoms with E-state index in [4.69, 9.17) is 16.3 Å². The molecule has 0 aliphatic carbocycles. The second kappa shape index (κ2) is 7.17. The highest BCUT2D eigenvalue weighted by Gasteiger charge is 2.15. The molecule has 1 aromatic heterocycles. The lowest BCUT2D eigenvalue weighted by Crippen LogP contribution is -2.22. The summed E-state index contributed by atoms with van der Waals surface area (Å²) in [6.07, 6.45) is 1.95. The Morgan fingerprint density at radius 3 is 2.85 bits per heavy atom. The molecule has 1 atom stereocenters. The fourth-order valence-corrected chi connectivity index (χ4v) is 2.03. The maximum absolute atomic E-state index is 12.1. The minimum absolute atomic E-state index is 0.0616. The van der Waals surface area contributed by atoms with Gasteiger partial charge < -0.3 is 4.74 Å². The average molecular weight is 290 g/mol. The Bertz CT molecular complexity index is 572. The summed E-state index contributed by atoms with van der Waals surface area (Å²) in [6.45, 7) is 2.21. The molecule has 1 aromatic carbocycles. The monoisotopic (exact) mass is 289 g/mol. The van der Waals surface area contributed by atoms with Crippen molar-refractivity contribution in [2.24, 2.45) is 0 Å². The third-order valence-electron chi connectivity index (χ3n) is 2.93. The Kier molecular flexibility index (Phi) is 5.27.